The van der Waals surface area contributed by atoms with E-state index in [0.717, 1.165) is 17.8 Å². The number of amides is 1. The van der Waals surface area contributed by atoms with Gasteiger partial charge in [-0.2, -0.15) is 10.2 Å². The van der Waals surface area contributed by atoms with E-state index in [-0.39, 0.29) is 23.3 Å². The van der Waals surface area contributed by atoms with E-state index in [1.165, 1.54) is 0 Å². The van der Waals surface area contributed by atoms with E-state index in [2.05, 4.69) is 41.6 Å². The van der Waals surface area contributed by atoms with Crippen LogP contribution in [0.5, 0.6) is 0 Å². The number of nitrogens with one attached hydrogen (secondary N) is 2. The molecule has 1 amide bonds. The third-order valence-electron chi connectivity index (χ3n) is 4.24. The zero-order chi connectivity index (χ0) is 16.6. The van der Waals surface area contributed by atoms with Crippen molar-refractivity contribution in [1.82, 2.24) is 24.9 Å². The summed E-state index contributed by atoms with van der Waals surface area (Å²) in [7, 11) is 1.89. The highest BCUT2D eigenvalue weighted by Crippen LogP contribution is 2.29. The van der Waals surface area contributed by atoms with Crippen molar-refractivity contribution < 1.29 is 4.79 Å². The lowest BCUT2D eigenvalue weighted by molar-refractivity contribution is -0.119. The summed E-state index contributed by atoms with van der Waals surface area (Å²) in [5.74, 6) is 0.0795. The molecule has 3 rings (SSSR count). The molecule has 124 valence electrons. The molecule has 1 fully saturated rings. The lowest BCUT2D eigenvalue weighted by Crippen LogP contribution is -2.28. The fourth-order valence-electron chi connectivity index (χ4n) is 2.93. The van der Waals surface area contributed by atoms with E-state index in [4.69, 9.17) is 0 Å². The van der Waals surface area contributed by atoms with E-state index >= 15 is 0 Å². The third kappa shape index (κ3) is 3.29. The third-order valence-corrected chi connectivity index (χ3v) is 4.24. The Labute approximate surface area is 136 Å². The first kappa shape index (κ1) is 15.7. The van der Waals surface area contributed by atoms with Crippen molar-refractivity contribution in [2.24, 2.45) is 13.0 Å². The number of aryl methyl sites for hydroxylation is 1. The minimum absolute atomic E-state index is 0.0253. The molecule has 2 aromatic rings. The van der Waals surface area contributed by atoms with Gasteiger partial charge >= 0.3 is 0 Å². The van der Waals surface area contributed by atoms with E-state index in [1.807, 2.05) is 30.3 Å². The van der Waals surface area contributed by atoms with E-state index in [1.54, 1.807) is 10.9 Å². The summed E-state index contributed by atoms with van der Waals surface area (Å²) in [5, 5.41) is 14.8. The molecule has 7 nitrogen and oxygen atoms in total. The summed E-state index contributed by atoms with van der Waals surface area (Å²) in [5.41, 5.74) is 1.74. The van der Waals surface area contributed by atoms with E-state index in [9.17, 15) is 4.79 Å². The Bertz CT molecular complexity index is 695. The van der Waals surface area contributed by atoms with Gasteiger partial charge in [0.2, 0.25) is 5.91 Å². The summed E-state index contributed by atoms with van der Waals surface area (Å²) >= 11 is 0. The van der Waals surface area contributed by atoms with Crippen LogP contribution in [0.3, 0.4) is 0 Å². The van der Waals surface area contributed by atoms with Crippen LogP contribution >= 0.6 is 0 Å². The Morgan fingerprint density at radius 3 is 2.65 bits per heavy atom. The summed E-state index contributed by atoms with van der Waals surface area (Å²) in [4.78, 5) is 12.6. The van der Waals surface area contributed by atoms with Crippen LogP contribution in [0, 0.1) is 5.92 Å². The monoisotopic (exact) mass is 316 g/mol. The van der Waals surface area contributed by atoms with Gasteiger partial charge in [0, 0.05) is 38.4 Å². The Morgan fingerprint density at radius 2 is 2.04 bits per heavy atom. The molecular weight excluding hydrogens is 292 g/mol. The van der Waals surface area contributed by atoms with Crippen LogP contribution in [-0.4, -0.2) is 38.6 Å². The van der Waals surface area contributed by atoms with Crippen LogP contribution in [0.25, 0.3) is 0 Å². The smallest absolute Gasteiger partial charge is 0.229 e. The second-order valence-corrected chi connectivity index (χ2v) is 7.15. The lowest BCUT2D eigenvalue weighted by atomic mass is 9.90. The average Bonchev–Trinajstić information content (AvgIpc) is 3.15. The summed E-state index contributed by atoms with van der Waals surface area (Å²) < 4.78 is 3.63. The highest BCUT2D eigenvalue weighted by atomic mass is 16.2. The largest absolute Gasteiger partial charge is 0.323 e. The van der Waals surface area contributed by atoms with Gasteiger partial charge in [0.1, 0.15) is 0 Å². The molecule has 1 aliphatic rings. The molecule has 3 heterocycles. The zero-order valence-electron chi connectivity index (χ0n) is 14.1. The Morgan fingerprint density at radius 1 is 1.26 bits per heavy atom. The number of anilines is 1. The normalized spacial score (nSPS) is 21.6. The second-order valence-electron chi connectivity index (χ2n) is 7.15. The van der Waals surface area contributed by atoms with Gasteiger partial charge in [0.25, 0.3) is 0 Å². The molecule has 0 saturated carbocycles. The van der Waals surface area contributed by atoms with Crippen LogP contribution in [-0.2, 0) is 17.4 Å². The quantitative estimate of drug-likeness (QED) is 0.895. The molecule has 23 heavy (non-hydrogen) atoms. The number of hydrogen-bond acceptors (Lipinski definition) is 4. The molecule has 2 atom stereocenters. The fraction of sp³-hybridized carbons (Fsp3) is 0.562. The first-order chi connectivity index (χ1) is 10.8. The van der Waals surface area contributed by atoms with Gasteiger partial charge in [-0.3, -0.25) is 14.2 Å². The van der Waals surface area contributed by atoms with Gasteiger partial charge in [-0.05, 0) is 26.3 Å². The maximum atomic E-state index is 12.6. The fourth-order valence-corrected chi connectivity index (χ4v) is 2.93. The summed E-state index contributed by atoms with van der Waals surface area (Å²) in [6.45, 7) is 7.70. The molecule has 2 aromatic heterocycles. The van der Waals surface area contributed by atoms with Gasteiger partial charge in [-0.25, -0.2) is 0 Å². The second kappa shape index (κ2) is 5.81. The Hall–Kier alpha value is -2.15. The molecule has 0 unspecified atom stereocenters. The van der Waals surface area contributed by atoms with Gasteiger partial charge in [-0.1, -0.05) is 0 Å². The highest BCUT2D eigenvalue weighted by Gasteiger charge is 2.34. The SMILES string of the molecule is Cn1cc([C@H]2CNC[C@@H]2C(=O)Nc2cnn(C(C)(C)C)c2)cn1. The first-order valence-corrected chi connectivity index (χ1v) is 7.90. The standard InChI is InChI=1S/C16H24N6O/c1-16(2,3)22-10-12(6-19-22)20-15(23)14-8-17-7-13(14)11-5-18-21(4)9-11/h5-6,9-10,13-14,17H,7-8H2,1-4H3,(H,20,23)/t13-,14+/m1/s1. The predicted octanol–water partition coefficient (Wildman–Crippen LogP) is 1.31. The summed E-state index contributed by atoms with van der Waals surface area (Å²) in [6, 6.07) is 0. The topological polar surface area (TPSA) is 76.8 Å². The van der Waals surface area contributed by atoms with Crippen LogP contribution in [0.4, 0.5) is 5.69 Å². The van der Waals surface area contributed by atoms with Crippen molar-refractivity contribution in [1.29, 1.82) is 0 Å². The maximum Gasteiger partial charge on any atom is 0.229 e. The van der Waals surface area contributed by atoms with Crippen LogP contribution in [0.15, 0.2) is 24.8 Å². The zero-order valence-corrected chi connectivity index (χ0v) is 14.1. The molecule has 7 heteroatoms. The van der Waals surface area contributed by atoms with Gasteiger partial charge < -0.3 is 10.6 Å². The molecule has 1 saturated heterocycles. The number of hydrogen-bond donors (Lipinski definition) is 2. The van der Waals surface area contributed by atoms with Crippen LogP contribution < -0.4 is 10.6 Å². The number of nitrogens with zero attached hydrogens (tertiary/aromatic N) is 4. The van der Waals surface area contributed by atoms with Crippen molar-refractivity contribution >= 4 is 11.6 Å². The average molecular weight is 316 g/mol. The van der Waals surface area contributed by atoms with Crippen molar-refractivity contribution in [3.63, 3.8) is 0 Å². The molecule has 2 N–H and O–H groups in total. The minimum Gasteiger partial charge on any atom is -0.323 e. The predicted molar refractivity (Wildman–Crippen MR) is 88.2 cm³/mol. The summed E-state index contributed by atoms with van der Waals surface area (Å²) in [6.07, 6.45) is 7.40. The van der Waals surface area contributed by atoms with Crippen molar-refractivity contribution in [2.75, 3.05) is 18.4 Å². The number of carbonyl (C=O) groups is 1. The van der Waals surface area contributed by atoms with Crippen LogP contribution in [0.2, 0.25) is 0 Å². The Balaban J connectivity index is 1.71. The lowest BCUT2D eigenvalue weighted by Gasteiger charge is -2.19. The van der Waals surface area contributed by atoms with E-state index < -0.39 is 0 Å². The van der Waals surface area contributed by atoms with Gasteiger partial charge in [0.15, 0.2) is 0 Å². The molecule has 0 bridgehead atoms. The molecule has 1 aliphatic heterocycles. The molecular formula is C16H24N6O. The van der Waals surface area contributed by atoms with Gasteiger partial charge in [-0.15, -0.1) is 0 Å². The van der Waals surface area contributed by atoms with Gasteiger partial charge in [0.05, 0.1) is 29.5 Å². The van der Waals surface area contributed by atoms with Crippen LogP contribution in [0.1, 0.15) is 32.3 Å². The highest BCUT2D eigenvalue weighted by molar-refractivity contribution is 5.93. The first-order valence-electron chi connectivity index (χ1n) is 7.90. The van der Waals surface area contributed by atoms with E-state index in [0.29, 0.717) is 6.54 Å². The molecule has 0 radical (unpaired) electrons. The van der Waals surface area contributed by atoms with Crippen molar-refractivity contribution in [3.8, 4) is 0 Å². The number of rotatable bonds is 3. The molecule has 0 aromatic carbocycles. The van der Waals surface area contributed by atoms with Crippen molar-refractivity contribution in [2.45, 2.75) is 32.2 Å². The number of carbonyl (C=O) groups excluding carboxylic acids is 1. The molecule has 0 spiro atoms. The Kier molecular flexibility index (Phi) is 3.97. The maximum absolute atomic E-state index is 12.6. The number of aromatic nitrogens is 4. The van der Waals surface area contributed by atoms with Crippen molar-refractivity contribution in [3.05, 3.63) is 30.4 Å². The minimum atomic E-state index is -0.101. The molecule has 0 aliphatic carbocycles.